The Kier molecular flexibility index (Phi) is 5.93. The molecule has 1 saturated carbocycles. The molecule has 5 rings (SSSR count). The zero-order valence-electron chi connectivity index (χ0n) is 18.1. The largest absolute Gasteiger partial charge is 0.374 e. The van der Waals surface area contributed by atoms with Gasteiger partial charge in [0, 0.05) is 36.5 Å². The van der Waals surface area contributed by atoms with Crippen LogP contribution >= 0.6 is 11.3 Å². The van der Waals surface area contributed by atoms with Crippen molar-refractivity contribution < 1.29 is 14.4 Å². The molecule has 3 aliphatic heterocycles. The van der Waals surface area contributed by atoms with Crippen LogP contribution in [-0.2, 0) is 10.4 Å². The summed E-state index contributed by atoms with van der Waals surface area (Å²) >= 11 is 1.51. The molecule has 1 aromatic heterocycles. The molecule has 1 amide bonds. The summed E-state index contributed by atoms with van der Waals surface area (Å²) in [6.07, 6.45) is 10.7. The highest BCUT2D eigenvalue weighted by atomic mass is 32.1. The molecule has 5 heteroatoms. The summed E-state index contributed by atoms with van der Waals surface area (Å²) in [5, 5.41) is 17.1. The van der Waals surface area contributed by atoms with E-state index in [9.17, 15) is 9.90 Å². The molecule has 3 saturated heterocycles. The number of hydrogen-bond donors (Lipinski definition) is 2. The van der Waals surface area contributed by atoms with Crippen molar-refractivity contribution in [3.05, 3.63) is 34.0 Å². The van der Waals surface area contributed by atoms with Gasteiger partial charge in [-0.15, -0.1) is 11.3 Å². The number of amides is 1. The maximum Gasteiger partial charge on any atom is 0.258 e. The fourth-order valence-electron chi connectivity index (χ4n) is 5.89. The van der Waals surface area contributed by atoms with E-state index in [-0.39, 0.29) is 17.4 Å². The molecule has 4 nitrogen and oxygen atoms in total. The van der Waals surface area contributed by atoms with Crippen LogP contribution in [0, 0.1) is 5.92 Å². The lowest BCUT2D eigenvalue weighted by Gasteiger charge is -2.55. The lowest BCUT2D eigenvalue weighted by molar-refractivity contribution is -0.942. The number of quaternary nitrogens is 1. The molecule has 160 valence electrons. The van der Waals surface area contributed by atoms with Gasteiger partial charge in [0.15, 0.2) is 5.60 Å². The second-order valence-electron chi connectivity index (χ2n) is 10.0. The molecule has 4 aliphatic rings. The standard InChI is InChI=1S/C24H36N2O2S/c1-19(2)7-5-14-26-15-11-23(12-16-26,13-17-26)25-22(27)24(28,20-8-3-4-9-20)21-10-6-18-29-21/h6-7,10,18,20,28H,3-5,8-9,11-17H2,1-2H3/p+1. The van der Waals surface area contributed by atoms with Crippen molar-refractivity contribution in [2.45, 2.75) is 76.4 Å². The zero-order chi connectivity index (χ0) is 20.5. The molecule has 0 aromatic carbocycles. The molecule has 1 atom stereocenters. The van der Waals surface area contributed by atoms with Crippen molar-refractivity contribution in [2.24, 2.45) is 5.92 Å². The van der Waals surface area contributed by atoms with Crippen LogP contribution in [0.5, 0.6) is 0 Å². The number of piperidine rings is 3. The number of rotatable bonds is 7. The van der Waals surface area contributed by atoms with E-state index in [1.807, 2.05) is 17.5 Å². The van der Waals surface area contributed by atoms with Gasteiger partial charge in [0.2, 0.25) is 0 Å². The number of carbonyl (C=O) groups excluding carboxylic acids is 1. The van der Waals surface area contributed by atoms with E-state index in [4.69, 9.17) is 0 Å². The number of carbonyl (C=O) groups is 1. The lowest BCUT2D eigenvalue weighted by Crippen LogP contribution is -2.70. The van der Waals surface area contributed by atoms with Crippen molar-refractivity contribution in [1.82, 2.24) is 5.32 Å². The van der Waals surface area contributed by atoms with Gasteiger partial charge in [0.1, 0.15) is 0 Å². The third-order valence-corrected chi connectivity index (χ3v) is 8.91. The van der Waals surface area contributed by atoms with Crippen molar-refractivity contribution in [2.75, 3.05) is 26.2 Å². The summed E-state index contributed by atoms with van der Waals surface area (Å²) in [5.74, 6) is -0.0954. The zero-order valence-corrected chi connectivity index (χ0v) is 18.9. The predicted molar refractivity (Wildman–Crippen MR) is 119 cm³/mol. The molecule has 2 bridgehead atoms. The summed E-state index contributed by atoms with van der Waals surface area (Å²) in [6.45, 7) is 9.02. The molecule has 4 fully saturated rings. The number of nitrogens with one attached hydrogen (secondary N) is 1. The van der Waals surface area contributed by atoms with Crippen LogP contribution in [0.25, 0.3) is 0 Å². The van der Waals surface area contributed by atoms with Crippen LogP contribution in [0.3, 0.4) is 0 Å². The first-order chi connectivity index (χ1) is 13.9. The molecular weight excluding hydrogens is 380 g/mol. The Labute approximate surface area is 179 Å². The van der Waals surface area contributed by atoms with Crippen molar-refractivity contribution >= 4 is 17.2 Å². The Morgan fingerprint density at radius 1 is 1.28 bits per heavy atom. The average molecular weight is 418 g/mol. The van der Waals surface area contributed by atoms with Gasteiger partial charge in [-0.3, -0.25) is 4.79 Å². The highest BCUT2D eigenvalue weighted by Crippen LogP contribution is 2.44. The van der Waals surface area contributed by atoms with E-state index in [1.54, 1.807) is 0 Å². The fourth-order valence-corrected chi connectivity index (χ4v) is 6.79. The van der Waals surface area contributed by atoms with E-state index in [1.165, 1.54) is 27.9 Å². The summed E-state index contributed by atoms with van der Waals surface area (Å²) in [7, 11) is 0. The summed E-state index contributed by atoms with van der Waals surface area (Å²) in [5.41, 5.74) is -0.0696. The first kappa shape index (κ1) is 21.1. The Balaban J connectivity index is 1.45. The highest BCUT2D eigenvalue weighted by molar-refractivity contribution is 7.10. The van der Waals surface area contributed by atoms with E-state index in [0.29, 0.717) is 0 Å². The first-order valence-corrected chi connectivity index (χ1v) is 12.3. The molecular formula is C24H37N2O2S+. The van der Waals surface area contributed by atoms with Gasteiger partial charge in [-0.1, -0.05) is 30.6 Å². The smallest absolute Gasteiger partial charge is 0.258 e. The summed E-state index contributed by atoms with van der Waals surface area (Å²) < 4.78 is 1.21. The normalized spacial score (nSPS) is 31.4. The van der Waals surface area contributed by atoms with Gasteiger partial charge < -0.3 is 14.9 Å². The van der Waals surface area contributed by atoms with Crippen LogP contribution in [0.15, 0.2) is 29.2 Å². The number of aliphatic hydroxyl groups is 1. The number of thiophene rings is 1. The SMILES string of the molecule is CC(C)=CCC[N+]12CCC(NC(=O)C(O)(c3cccs3)C3CCCC3)(CC1)CC2. The second kappa shape index (κ2) is 8.16. The third-order valence-electron chi connectivity index (χ3n) is 7.92. The number of fused-ring (bicyclic) bond motifs is 3. The van der Waals surface area contributed by atoms with Gasteiger partial charge in [0.05, 0.1) is 31.7 Å². The third kappa shape index (κ3) is 4.06. The monoisotopic (exact) mass is 417 g/mol. The number of hydrogen-bond acceptors (Lipinski definition) is 3. The van der Waals surface area contributed by atoms with Crippen molar-refractivity contribution in [3.8, 4) is 0 Å². The Hall–Kier alpha value is -1.17. The van der Waals surface area contributed by atoms with Gasteiger partial charge in [0.25, 0.3) is 5.91 Å². The van der Waals surface area contributed by atoms with Gasteiger partial charge in [-0.25, -0.2) is 0 Å². The molecule has 2 N–H and O–H groups in total. The lowest BCUT2D eigenvalue weighted by atomic mass is 9.76. The molecule has 1 unspecified atom stereocenters. The Morgan fingerprint density at radius 2 is 1.93 bits per heavy atom. The minimum absolute atomic E-state index is 0.0451. The van der Waals surface area contributed by atoms with Crippen LogP contribution in [0.2, 0.25) is 0 Å². The maximum absolute atomic E-state index is 13.6. The van der Waals surface area contributed by atoms with E-state index in [0.717, 1.165) is 75.9 Å². The van der Waals surface area contributed by atoms with Gasteiger partial charge >= 0.3 is 0 Å². The average Bonchev–Trinajstić information content (AvgIpc) is 3.43. The number of allylic oxidation sites excluding steroid dienone is 1. The van der Waals surface area contributed by atoms with E-state index < -0.39 is 5.60 Å². The van der Waals surface area contributed by atoms with Crippen LogP contribution in [0.4, 0.5) is 0 Å². The predicted octanol–water partition coefficient (Wildman–Crippen LogP) is 4.35. The van der Waals surface area contributed by atoms with Gasteiger partial charge in [-0.2, -0.15) is 0 Å². The minimum atomic E-state index is -1.36. The molecule has 1 aliphatic carbocycles. The topological polar surface area (TPSA) is 49.3 Å². The molecule has 29 heavy (non-hydrogen) atoms. The molecule has 0 spiro atoms. The Morgan fingerprint density at radius 3 is 2.48 bits per heavy atom. The molecule has 1 aromatic rings. The van der Waals surface area contributed by atoms with E-state index >= 15 is 0 Å². The quantitative estimate of drug-likeness (QED) is 0.512. The summed E-state index contributed by atoms with van der Waals surface area (Å²) in [6, 6.07) is 3.89. The van der Waals surface area contributed by atoms with Gasteiger partial charge in [-0.05, 0) is 38.1 Å². The van der Waals surface area contributed by atoms with Crippen LogP contribution < -0.4 is 5.32 Å². The summed E-state index contributed by atoms with van der Waals surface area (Å²) in [4.78, 5) is 14.4. The second-order valence-corrected chi connectivity index (χ2v) is 11.0. The van der Waals surface area contributed by atoms with Crippen molar-refractivity contribution in [1.29, 1.82) is 0 Å². The molecule has 4 heterocycles. The van der Waals surface area contributed by atoms with E-state index in [2.05, 4.69) is 25.2 Å². The fraction of sp³-hybridized carbons (Fsp3) is 0.708. The van der Waals surface area contributed by atoms with Crippen LogP contribution in [-0.4, -0.2) is 47.2 Å². The molecule has 0 radical (unpaired) electrons. The highest BCUT2D eigenvalue weighted by Gasteiger charge is 2.53. The minimum Gasteiger partial charge on any atom is -0.374 e. The number of nitrogens with zero attached hydrogens (tertiary/aromatic N) is 1. The maximum atomic E-state index is 13.6. The Bertz CT molecular complexity index is 722. The van der Waals surface area contributed by atoms with Crippen molar-refractivity contribution in [3.63, 3.8) is 0 Å². The van der Waals surface area contributed by atoms with Crippen LogP contribution in [0.1, 0.15) is 70.1 Å². The first-order valence-electron chi connectivity index (χ1n) is 11.5.